The van der Waals surface area contributed by atoms with Crippen LogP contribution in [0.4, 0.5) is 18.9 Å². The molecule has 4 atom stereocenters. The second-order valence-corrected chi connectivity index (χ2v) is 10.8. The molecule has 0 spiro atoms. The molecular formula is C22H31BrF3N5O4. The average Bonchev–Trinajstić information content (AvgIpc) is 2.79. The highest BCUT2D eigenvalue weighted by atomic mass is 79.9. The quantitative estimate of drug-likeness (QED) is 0.513. The van der Waals surface area contributed by atoms with Gasteiger partial charge < -0.3 is 20.6 Å². The summed E-state index contributed by atoms with van der Waals surface area (Å²) in [6, 6.07) is 0.354. The van der Waals surface area contributed by atoms with Crippen molar-refractivity contribution < 1.29 is 27.9 Å². The van der Waals surface area contributed by atoms with Crippen molar-refractivity contribution in [2.75, 3.05) is 31.5 Å². The maximum atomic E-state index is 12.7. The molecule has 2 bridgehead atoms. The van der Waals surface area contributed by atoms with Gasteiger partial charge in [0.25, 0.3) is 5.56 Å². The number of nitrogens with zero attached hydrogens (tertiary/aromatic N) is 3. The zero-order chi connectivity index (χ0) is 26.1. The summed E-state index contributed by atoms with van der Waals surface area (Å²) in [5, 5.41) is 18.2. The van der Waals surface area contributed by atoms with E-state index in [1.807, 2.05) is 0 Å². The minimum absolute atomic E-state index is 0.0180. The molecule has 4 fully saturated rings. The second kappa shape index (κ2) is 10.5. The van der Waals surface area contributed by atoms with Crippen LogP contribution in [0.1, 0.15) is 33.6 Å². The number of rotatable bonds is 4. The van der Waals surface area contributed by atoms with Gasteiger partial charge in [0, 0.05) is 32.2 Å². The Bertz CT molecular complexity index is 1010. The van der Waals surface area contributed by atoms with Gasteiger partial charge in [-0.1, -0.05) is 20.8 Å². The fourth-order valence-electron chi connectivity index (χ4n) is 5.36. The number of alkyl halides is 3. The van der Waals surface area contributed by atoms with Gasteiger partial charge >= 0.3 is 12.1 Å². The SMILES string of the molecule is C[C@@H]1[C@H]2C[C@@H](C[C@H]1Nc1cnn(CC(=O)N3CCNCC3)c(=O)c1Br)C2(C)C.O=C(O)C(F)(F)F. The van der Waals surface area contributed by atoms with Crippen LogP contribution >= 0.6 is 15.9 Å². The van der Waals surface area contributed by atoms with Crippen molar-refractivity contribution in [2.24, 2.45) is 23.2 Å². The summed E-state index contributed by atoms with van der Waals surface area (Å²) in [6.07, 6.45) is -0.961. The van der Waals surface area contributed by atoms with Gasteiger partial charge in [-0.2, -0.15) is 18.3 Å². The number of aromatic nitrogens is 2. The highest BCUT2D eigenvalue weighted by molar-refractivity contribution is 9.10. The molecule has 3 saturated carbocycles. The predicted octanol–water partition coefficient (Wildman–Crippen LogP) is 2.55. The molecule has 3 N–H and O–H groups in total. The number of hydrogen-bond acceptors (Lipinski definition) is 6. The van der Waals surface area contributed by atoms with E-state index in [1.165, 1.54) is 11.1 Å². The Morgan fingerprint density at radius 1 is 1.29 bits per heavy atom. The molecule has 1 amide bonds. The largest absolute Gasteiger partial charge is 0.490 e. The zero-order valence-corrected chi connectivity index (χ0v) is 21.4. The van der Waals surface area contributed by atoms with Gasteiger partial charge in [-0.3, -0.25) is 9.59 Å². The van der Waals surface area contributed by atoms with Gasteiger partial charge in [-0.25, -0.2) is 9.48 Å². The van der Waals surface area contributed by atoms with E-state index in [2.05, 4.69) is 52.4 Å². The molecule has 4 aliphatic rings. The van der Waals surface area contributed by atoms with Crippen LogP contribution in [0.3, 0.4) is 0 Å². The fraction of sp³-hybridized carbons (Fsp3) is 0.727. The summed E-state index contributed by atoms with van der Waals surface area (Å²) in [6.45, 7) is 9.99. The average molecular weight is 566 g/mol. The molecule has 9 nitrogen and oxygen atoms in total. The van der Waals surface area contributed by atoms with Gasteiger partial charge in [0.05, 0.1) is 11.9 Å². The van der Waals surface area contributed by atoms with E-state index >= 15 is 0 Å². The van der Waals surface area contributed by atoms with Crippen LogP contribution in [-0.2, 0) is 16.1 Å². The lowest BCUT2D eigenvalue weighted by atomic mass is 9.45. The molecule has 0 unspecified atom stereocenters. The van der Waals surface area contributed by atoms with Crippen molar-refractivity contribution in [3.8, 4) is 0 Å². The minimum atomic E-state index is -5.08. The first-order chi connectivity index (χ1) is 16.2. The van der Waals surface area contributed by atoms with E-state index in [0.717, 1.165) is 37.0 Å². The Morgan fingerprint density at radius 3 is 2.40 bits per heavy atom. The highest BCUT2D eigenvalue weighted by Crippen LogP contribution is 2.61. The van der Waals surface area contributed by atoms with E-state index < -0.39 is 12.1 Å². The number of nitrogens with one attached hydrogen (secondary N) is 2. The summed E-state index contributed by atoms with van der Waals surface area (Å²) < 4.78 is 33.5. The summed E-state index contributed by atoms with van der Waals surface area (Å²) in [5.41, 5.74) is 0.898. The summed E-state index contributed by atoms with van der Waals surface area (Å²) >= 11 is 3.44. The molecule has 2 heterocycles. The number of amides is 1. The normalized spacial score (nSPS) is 27.2. The van der Waals surface area contributed by atoms with Gasteiger partial charge in [0.15, 0.2) is 0 Å². The van der Waals surface area contributed by atoms with Crippen LogP contribution in [0.2, 0.25) is 0 Å². The lowest BCUT2D eigenvalue weighted by Gasteiger charge is -2.62. The van der Waals surface area contributed by atoms with E-state index in [0.29, 0.717) is 34.9 Å². The number of piperazine rings is 1. The smallest absolute Gasteiger partial charge is 0.475 e. The molecule has 5 rings (SSSR count). The summed E-state index contributed by atoms with van der Waals surface area (Å²) in [5.74, 6) is -0.787. The number of carboxylic acids is 1. The van der Waals surface area contributed by atoms with Crippen molar-refractivity contribution >= 4 is 33.5 Å². The maximum Gasteiger partial charge on any atom is 0.490 e. The maximum absolute atomic E-state index is 12.7. The first-order valence-electron chi connectivity index (χ1n) is 11.5. The van der Waals surface area contributed by atoms with Crippen LogP contribution in [0.5, 0.6) is 0 Å². The lowest BCUT2D eigenvalue weighted by Crippen LogP contribution is -2.58. The first kappa shape index (κ1) is 27.4. The summed E-state index contributed by atoms with van der Waals surface area (Å²) in [7, 11) is 0. The molecular weight excluding hydrogens is 535 g/mol. The van der Waals surface area contributed by atoms with Crippen LogP contribution in [0, 0.1) is 23.2 Å². The number of carbonyl (C=O) groups excluding carboxylic acids is 1. The second-order valence-electron chi connectivity index (χ2n) is 9.97. The standard InChI is InChI=1S/C20H30BrN5O2.C2HF3O2/c1-12-14-8-13(20(14,2)3)9-15(12)24-16-10-23-26(19(28)18(16)21)11-17(27)25-6-4-22-5-7-25;3-2(4,5)1(6)7/h10,12-15,22,24H,4-9,11H2,1-3H3;(H,6,7)/t12-,13+,14-,15-;/m1./s1. The Morgan fingerprint density at radius 2 is 1.89 bits per heavy atom. The van der Waals surface area contributed by atoms with E-state index in [4.69, 9.17) is 9.90 Å². The van der Waals surface area contributed by atoms with Crippen molar-refractivity contribution in [1.82, 2.24) is 20.0 Å². The molecule has 196 valence electrons. The molecule has 0 radical (unpaired) electrons. The number of aliphatic carboxylic acids is 1. The third-order valence-electron chi connectivity index (χ3n) is 7.68. The Balaban J connectivity index is 0.000000429. The predicted molar refractivity (Wildman–Crippen MR) is 126 cm³/mol. The number of anilines is 1. The Hall–Kier alpha value is -2.15. The van der Waals surface area contributed by atoms with Crippen LogP contribution < -0.4 is 16.2 Å². The fourth-order valence-corrected chi connectivity index (χ4v) is 5.78. The molecule has 1 aliphatic heterocycles. The van der Waals surface area contributed by atoms with Crippen LogP contribution in [0.25, 0.3) is 0 Å². The van der Waals surface area contributed by atoms with E-state index in [-0.39, 0.29) is 18.0 Å². The molecule has 1 aromatic rings. The van der Waals surface area contributed by atoms with Crippen molar-refractivity contribution in [1.29, 1.82) is 0 Å². The Labute approximate surface area is 209 Å². The molecule has 1 saturated heterocycles. The van der Waals surface area contributed by atoms with Gasteiger partial charge in [-0.05, 0) is 51.9 Å². The topological polar surface area (TPSA) is 117 Å². The van der Waals surface area contributed by atoms with E-state index in [1.54, 1.807) is 11.1 Å². The molecule has 3 aliphatic carbocycles. The Kier molecular flexibility index (Phi) is 8.19. The molecule has 1 aromatic heterocycles. The molecule has 13 heteroatoms. The van der Waals surface area contributed by atoms with Crippen LogP contribution in [0.15, 0.2) is 15.5 Å². The molecule has 0 aromatic carbocycles. The minimum Gasteiger partial charge on any atom is -0.475 e. The summed E-state index contributed by atoms with van der Waals surface area (Å²) in [4.78, 5) is 35.9. The number of fused-ring (bicyclic) bond motifs is 2. The third-order valence-corrected chi connectivity index (χ3v) is 8.44. The van der Waals surface area contributed by atoms with Gasteiger partial charge in [-0.15, -0.1) is 0 Å². The van der Waals surface area contributed by atoms with Crippen LogP contribution in [-0.4, -0.2) is 70.1 Å². The number of carboxylic acid groups (broad SMARTS) is 1. The monoisotopic (exact) mass is 565 g/mol. The van der Waals surface area contributed by atoms with Crippen molar-refractivity contribution in [3.63, 3.8) is 0 Å². The van der Waals surface area contributed by atoms with Crippen molar-refractivity contribution in [3.05, 3.63) is 21.0 Å². The van der Waals surface area contributed by atoms with Gasteiger partial charge in [0.1, 0.15) is 11.0 Å². The highest BCUT2D eigenvalue weighted by Gasteiger charge is 2.56. The lowest BCUT2D eigenvalue weighted by molar-refractivity contribution is -0.192. The number of hydrogen-bond donors (Lipinski definition) is 3. The molecule has 35 heavy (non-hydrogen) atoms. The van der Waals surface area contributed by atoms with Gasteiger partial charge in [0.2, 0.25) is 5.91 Å². The number of halogens is 4. The first-order valence-corrected chi connectivity index (χ1v) is 12.3. The van der Waals surface area contributed by atoms with E-state index in [9.17, 15) is 22.8 Å². The zero-order valence-electron chi connectivity index (χ0n) is 19.9. The third kappa shape index (κ3) is 5.99. The van der Waals surface area contributed by atoms with Crippen molar-refractivity contribution in [2.45, 2.75) is 52.4 Å². The number of carbonyl (C=O) groups is 2.